The second kappa shape index (κ2) is 8.14. The topological polar surface area (TPSA) is 118 Å². The fourth-order valence-corrected chi connectivity index (χ4v) is 6.17. The molecule has 29 heavy (non-hydrogen) atoms. The lowest BCUT2D eigenvalue weighted by Crippen LogP contribution is -2.37. The largest absolute Gasteiger partial charge is 0.289 e. The molecule has 0 atom stereocenters. The van der Waals surface area contributed by atoms with E-state index < -0.39 is 41.4 Å². The minimum atomic E-state index is -4.18. The quantitative estimate of drug-likeness (QED) is 0.514. The summed E-state index contributed by atoms with van der Waals surface area (Å²) in [6.07, 6.45) is 0.209. The predicted molar refractivity (Wildman–Crippen MR) is 102 cm³/mol. The van der Waals surface area contributed by atoms with Gasteiger partial charge in [0.25, 0.3) is 5.69 Å². The third-order valence-electron chi connectivity index (χ3n) is 4.55. The summed E-state index contributed by atoms with van der Waals surface area (Å²) in [4.78, 5) is 9.90. The smallest absolute Gasteiger partial charge is 0.258 e. The molecular weight excluding hydrogens is 425 g/mol. The number of hydrogen-bond donors (Lipinski definition) is 0. The normalized spacial score (nSPS) is 17.0. The van der Waals surface area contributed by atoms with Crippen LogP contribution in [-0.4, -0.2) is 56.5 Å². The van der Waals surface area contributed by atoms with Gasteiger partial charge in [-0.15, -0.1) is 0 Å². The average molecular weight is 443 g/mol. The van der Waals surface area contributed by atoms with E-state index >= 15 is 0 Å². The highest BCUT2D eigenvalue weighted by Crippen LogP contribution is 2.27. The zero-order valence-electron chi connectivity index (χ0n) is 15.1. The Morgan fingerprint density at radius 3 is 1.97 bits per heavy atom. The molecule has 0 spiro atoms. The average Bonchev–Trinajstić information content (AvgIpc) is 2.95. The van der Waals surface area contributed by atoms with Gasteiger partial charge in [0.05, 0.1) is 9.82 Å². The molecule has 0 radical (unpaired) electrons. The Bertz CT molecular complexity index is 1120. The molecule has 2 aromatic carbocycles. The van der Waals surface area contributed by atoms with Crippen molar-refractivity contribution in [3.05, 3.63) is 64.5 Å². The van der Waals surface area contributed by atoms with Crippen molar-refractivity contribution in [3.8, 4) is 0 Å². The van der Waals surface area contributed by atoms with Crippen LogP contribution < -0.4 is 0 Å². The highest BCUT2D eigenvalue weighted by atomic mass is 32.2. The number of para-hydroxylation sites is 1. The lowest BCUT2D eigenvalue weighted by Gasteiger charge is -2.21. The van der Waals surface area contributed by atoms with E-state index in [-0.39, 0.29) is 37.5 Å². The predicted octanol–water partition coefficient (Wildman–Crippen LogP) is 1.82. The standard InChI is InChI=1S/C17H18FN3O6S2/c18-14-6-8-15(9-7-14)28(24,25)19-10-3-11-20(13-12-19)29(26,27)17-5-2-1-4-16(17)21(22)23/h1-2,4-9H,3,10-13H2. The molecule has 0 N–H and O–H groups in total. The first-order valence-electron chi connectivity index (χ1n) is 8.63. The summed E-state index contributed by atoms with van der Waals surface area (Å²) in [5, 5.41) is 11.2. The Labute approximate surface area is 167 Å². The van der Waals surface area contributed by atoms with Gasteiger partial charge in [-0.25, -0.2) is 21.2 Å². The van der Waals surface area contributed by atoms with Crippen LogP contribution in [-0.2, 0) is 20.0 Å². The molecule has 0 unspecified atom stereocenters. The van der Waals surface area contributed by atoms with Crippen LogP contribution in [0.1, 0.15) is 6.42 Å². The van der Waals surface area contributed by atoms with Crippen LogP contribution in [0.5, 0.6) is 0 Å². The van der Waals surface area contributed by atoms with Crippen LogP contribution in [0, 0.1) is 15.9 Å². The zero-order valence-corrected chi connectivity index (χ0v) is 16.8. The van der Waals surface area contributed by atoms with Crippen LogP contribution >= 0.6 is 0 Å². The molecule has 156 valence electrons. The molecule has 3 rings (SSSR count). The van der Waals surface area contributed by atoms with E-state index in [4.69, 9.17) is 0 Å². The van der Waals surface area contributed by atoms with Crippen molar-refractivity contribution in [2.45, 2.75) is 16.2 Å². The summed E-state index contributed by atoms with van der Waals surface area (Å²) in [5.41, 5.74) is -0.535. The molecule has 1 aliphatic heterocycles. The van der Waals surface area contributed by atoms with E-state index in [1.807, 2.05) is 0 Å². The van der Waals surface area contributed by atoms with Crippen molar-refractivity contribution in [2.24, 2.45) is 0 Å². The molecule has 0 saturated carbocycles. The molecule has 0 amide bonds. The minimum absolute atomic E-state index is 0.0177. The number of hydrogen-bond acceptors (Lipinski definition) is 6. The number of nitro benzene ring substituents is 1. The Morgan fingerprint density at radius 1 is 0.828 bits per heavy atom. The first kappa shape index (κ1) is 21.3. The van der Waals surface area contributed by atoms with Crippen molar-refractivity contribution in [3.63, 3.8) is 0 Å². The van der Waals surface area contributed by atoms with Gasteiger partial charge in [0.15, 0.2) is 4.90 Å². The highest BCUT2D eigenvalue weighted by molar-refractivity contribution is 7.89. The fraction of sp³-hybridized carbons (Fsp3) is 0.294. The van der Waals surface area contributed by atoms with E-state index in [9.17, 15) is 31.3 Å². The number of nitro groups is 1. The third-order valence-corrected chi connectivity index (χ3v) is 8.40. The second-order valence-electron chi connectivity index (χ2n) is 6.34. The maximum absolute atomic E-state index is 13.1. The van der Waals surface area contributed by atoms with Gasteiger partial charge in [-0.2, -0.15) is 8.61 Å². The molecule has 1 aliphatic rings. The van der Waals surface area contributed by atoms with Crippen LogP contribution in [0.25, 0.3) is 0 Å². The molecule has 0 aliphatic carbocycles. The number of sulfonamides is 2. The van der Waals surface area contributed by atoms with Crippen LogP contribution in [0.3, 0.4) is 0 Å². The maximum Gasteiger partial charge on any atom is 0.289 e. The first-order valence-corrected chi connectivity index (χ1v) is 11.5. The molecule has 2 aromatic rings. The SMILES string of the molecule is O=[N+]([O-])c1ccccc1S(=O)(=O)N1CCCN(S(=O)(=O)c2ccc(F)cc2)CC1. The van der Waals surface area contributed by atoms with Crippen molar-refractivity contribution >= 4 is 25.7 Å². The Hall–Kier alpha value is -2.41. The molecule has 12 heteroatoms. The molecule has 9 nitrogen and oxygen atoms in total. The van der Waals surface area contributed by atoms with Gasteiger partial charge in [-0.3, -0.25) is 10.1 Å². The van der Waals surface area contributed by atoms with Crippen molar-refractivity contribution in [2.75, 3.05) is 26.2 Å². The Balaban J connectivity index is 1.85. The second-order valence-corrected chi connectivity index (χ2v) is 10.2. The summed E-state index contributed by atoms with van der Waals surface area (Å²) in [5.74, 6) is -0.568. The molecule has 0 bridgehead atoms. The van der Waals surface area contributed by atoms with E-state index in [0.29, 0.717) is 0 Å². The minimum Gasteiger partial charge on any atom is -0.258 e. The summed E-state index contributed by atoms with van der Waals surface area (Å²) >= 11 is 0. The Morgan fingerprint density at radius 2 is 1.38 bits per heavy atom. The fourth-order valence-electron chi connectivity index (χ4n) is 3.07. The van der Waals surface area contributed by atoms with Gasteiger partial charge in [0, 0.05) is 32.2 Å². The van der Waals surface area contributed by atoms with Crippen molar-refractivity contribution < 1.29 is 26.1 Å². The van der Waals surface area contributed by atoms with E-state index in [1.165, 1.54) is 12.1 Å². The highest BCUT2D eigenvalue weighted by Gasteiger charge is 2.34. The van der Waals surface area contributed by atoms with Crippen LogP contribution in [0.4, 0.5) is 10.1 Å². The van der Waals surface area contributed by atoms with Gasteiger partial charge in [0.1, 0.15) is 5.82 Å². The molecule has 1 fully saturated rings. The van der Waals surface area contributed by atoms with Gasteiger partial charge in [0.2, 0.25) is 20.0 Å². The lowest BCUT2D eigenvalue weighted by atomic mass is 10.3. The summed E-state index contributed by atoms with van der Waals surface area (Å²) in [7, 11) is -8.10. The Kier molecular flexibility index (Phi) is 5.98. The van der Waals surface area contributed by atoms with E-state index in [0.717, 1.165) is 45.0 Å². The van der Waals surface area contributed by atoms with Crippen molar-refractivity contribution in [1.82, 2.24) is 8.61 Å². The number of nitrogens with zero attached hydrogens (tertiary/aromatic N) is 3. The summed E-state index contributed by atoms with van der Waals surface area (Å²) < 4.78 is 66.7. The van der Waals surface area contributed by atoms with Crippen LogP contribution in [0.2, 0.25) is 0 Å². The number of rotatable bonds is 5. The van der Waals surface area contributed by atoms with Gasteiger partial charge < -0.3 is 0 Å². The summed E-state index contributed by atoms with van der Waals surface area (Å²) in [6.45, 7) is -0.194. The molecule has 1 saturated heterocycles. The monoisotopic (exact) mass is 443 g/mol. The maximum atomic E-state index is 13.1. The number of benzene rings is 2. The lowest BCUT2D eigenvalue weighted by molar-refractivity contribution is -0.387. The molecular formula is C17H18FN3O6S2. The molecule has 0 aromatic heterocycles. The third kappa shape index (κ3) is 4.29. The molecule has 1 heterocycles. The first-order chi connectivity index (χ1) is 13.6. The van der Waals surface area contributed by atoms with Gasteiger partial charge in [-0.1, -0.05) is 12.1 Å². The van der Waals surface area contributed by atoms with E-state index in [1.54, 1.807) is 0 Å². The van der Waals surface area contributed by atoms with Crippen molar-refractivity contribution in [1.29, 1.82) is 0 Å². The van der Waals surface area contributed by atoms with Gasteiger partial charge >= 0.3 is 0 Å². The summed E-state index contributed by atoms with van der Waals surface area (Å²) in [6, 6.07) is 9.40. The number of halogens is 1. The van der Waals surface area contributed by atoms with E-state index in [2.05, 4.69) is 0 Å². The van der Waals surface area contributed by atoms with Crippen LogP contribution in [0.15, 0.2) is 58.3 Å². The van der Waals surface area contributed by atoms with Gasteiger partial charge in [-0.05, 0) is 36.8 Å². The zero-order chi connectivity index (χ0) is 21.2.